The summed E-state index contributed by atoms with van der Waals surface area (Å²) in [5, 5.41) is 10.6. The first-order valence-electron chi connectivity index (χ1n) is 6.98. The largest absolute Gasteiger partial charge is 0.357 e. The van der Waals surface area contributed by atoms with Gasteiger partial charge in [0.05, 0.1) is 0 Å². The summed E-state index contributed by atoms with van der Waals surface area (Å²) in [6.45, 7) is 8.89. The van der Waals surface area contributed by atoms with Crippen molar-refractivity contribution in [2.45, 2.75) is 40.2 Å². The minimum atomic E-state index is 0. The Labute approximate surface area is 138 Å². The highest BCUT2D eigenvalue weighted by Gasteiger charge is 2.01. The maximum atomic E-state index is 4.50. The third-order valence-corrected chi connectivity index (χ3v) is 2.78. The van der Waals surface area contributed by atoms with E-state index in [9.17, 15) is 0 Å². The molecule has 0 atom stereocenters. The second-order valence-corrected chi connectivity index (χ2v) is 4.96. The Hall–Kier alpha value is -0.860. The fourth-order valence-electron chi connectivity index (χ4n) is 1.67. The van der Waals surface area contributed by atoms with Crippen LogP contribution in [-0.4, -0.2) is 33.8 Å². The van der Waals surface area contributed by atoms with E-state index in [1.165, 1.54) is 6.42 Å². The molecule has 0 spiro atoms. The molecular formula is C13H27IN6. The van der Waals surface area contributed by atoms with Crippen LogP contribution in [0.5, 0.6) is 0 Å². The molecule has 0 saturated heterocycles. The first kappa shape index (κ1) is 19.1. The molecule has 0 fully saturated rings. The molecule has 0 amide bonds. The fraction of sp³-hybridized carbons (Fsp3) is 0.769. The van der Waals surface area contributed by atoms with E-state index in [1.54, 1.807) is 11.0 Å². The van der Waals surface area contributed by atoms with Gasteiger partial charge in [-0.3, -0.25) is 4.68 Å². The smallest absolute Gasteiger partial charge is 0.191 e. The van der Waals surface area contributed by atoms with Gasteiger partial charge >= 0.3 is 0 Å². The second kappa shape index (κ2) is 10.9. The number of hydrogen-bond acceptors (Lipinski definition) is 3. The van der Waals surface area contributed by atoms with E-state index in [1.807, 2.05) is 7.05 Å². The second-order valence-electron chi connectivity index (χ2n) is 4.96. The zero-order valence-electron chi connectivity index (χ0n) is 12.9. The van der Waals surface area contributed by atoms with Crippen LogP contribution < -0.4 is 10.6 Å². The van der Waals surface area contributed by atoms with Crippen LogP contribution in [-0.2, 0) is 13.6 Å². The van der Waals surface area contributed by atoms with Gasteiger partial charge in [0.2, 0.25) is 0 Å². The Kier molecular flexibility index (Phi) is 10.4. The van der Waals surface area contributed by atoms with Crippen LogP contribution in [0.15, 0.2) is 11.3 Å². The summed E-state index contributed by atoms with van der Waals surface area (Å²) in [5.41, 5.74) is 0. The molecule has 1 aromatic rings. The lowest BCUT2D eigenvalue weighted by molar-refractivity contribution is 0.549. The van der Waals surface area contributed by atoms with Gasteiger partial charge in [-0.25, -0.2) is 9.98 Å². The van der Waals surface area contributed by atoms with E-state index in [0.717, 1.165) is 37.2 Å². The first-order valence-corrected chi connectivity index (χ1v) is 6.98. The SMILES string of the molecule is CCNC(=NCc1ncnn1C)NCCCC(C)C.I. The molecule has 0 radical (unpaired) electrons. The molecular weight excluding hydrogens is 367 g/mol. The quantitative estimate of drug-likeness (QED) is 0.321. The van der Waals surface area contributed by atoms with Crippen molar-refractivity contribution < 1.29 is 0 Å². The van der Waals surface area contributed by atoms with Crippen LogP contribution in [0.4, 0.5) is 0 Å². The topological polar surface area (TPSA) is 67.1 Å². The minimum absolute atomic E-state index is 0. The van der Waals surface area contributed by atoms with Gasteiger partial charge in [0.1, 0.15) is 18.7 Å². The number of hydrogen-bond donors (Lipinski definition) is 2. The first-order chi connectivity index (χ1) is 9.13. The van der Waals surface area contributed by atoms with Crippen molar-refractivity contribution in [3.63, 3.8) is 0 Å². The van der Waals surface area contributed by atoms with Gasteiger partial charge in [-0.1, -0.05) is 13.8 Å². The Morgan fingerprint density at radius 3 is 2.70 bits per heavy atom. The Bertz CT molecular complexity index is 388. The molecule has 6 nitrogen and oxygen atoms in total. The fourth-order valence-corrected chi connectivity index (χ4v) is 1.67. The predicted octanol–water partition coefficient (Wildman–Crippen LogP) is 1.92. The van der Waals surface area contributed by atoms with E-state index < -0.39 is 0 Å². The monoisotopic (exact) mass is 394 g/mol. The third-order valence-electron chi connectivity index (χ3n) is 2.78. The number of nitrogens with zero attached hydrogens (tertiary/aromatic N) is 4. The van der Waals surface area contributed by atoms with Crippen molar-refractivity contribution >= 4 is 29.9 Å². The van der Waals surface area contributed by atoms with Crippen molar-refractivity contribution in [2.75, 3.05) is 13.1 Å². The minimum Gasteiger partial charge on any atom is -0.357 e. The average Bonchev–Trinajstić information content (AvgIpc) is 2.77. The summed E-state index contributed by atoms with van der Waals surface area (Å²) >= 11 is 0. The predicted molar refractivity (Wildman–Crippen MR) is 93.3 cm³/mol. The van der Waals surface area contributed by atoms with Crippen molar-refractivity contribution in [1.82, 2.24) is 25.4 Å². The molecule has 1 rings (SSSR count). The normalized spacial score (nSPS) is 11.3. The van der Waals surface area contributed by atoms with Crippen LogP contribution in [0.3, 0.4) is 0 Å². The summed E-state index contributed by atoms with van der Waals surface area (Å²) in [4.78, 5) is 8.66. The molecule has 0 unspecified atom stereocenters. The summed E-state index contributed by atoms with van der Waals surface area (Å²) in [6.07, 6.45) is 3.94. The van der Waals surface area contributed by atoms with Gasteiger partial charge < -0.3 is 10.6 Å². The van der Waals surface area contributed by atoms with E-state index >= 15 is 0 Å². The maximum absolute atomic E-state index is 4.50. The molecule has 0 aromatic carbocycles. The third kappa shape index (κ3) is 7.66. The molecule has 116 valence electrons. The molecule has 1 aromatic heterocycles. The number of guanidine groups is 1. The van der Waals surface area contributed by atoms with Gasteiger partial charge in [-0.2, -0.15) is 5.10 Å². The van der Waals surface area contributed by atoms with Crippen LogP contribution in [0.2, 0.25) is 0 Å². The van der Waals surface area contributed by atoms with E-state index in [2.05, 4.69) is 46.5 Å². The Balaban J connectivity index is 0.00000361. The van der Waals surface area contributed by atoms with Crippen molar-refractivity contribution in [3.8, 4) is 0 Å². The lowest BCUT2D eigenvalue weighted by atomic mass is 10.1. The Morgan fingerprint density at radius 2 is 2.15 bits per heavy atom. The molecule has 1 heterocycles. The summed E-state index contributed by atoms with van der Waals surface area (Å²) in [6, 6.07) is 0. The molecule has 0 aliphatic rings. The number of aryl methyl sites for hydroxylation is 1. The molecule has 20 heavy (non-hydrogen) atoms. The number of halogens is 1. The van der Waals surface area contributed by atoms with Gasteiger partial charge in [0.15, 0.2) is 5.96 Å². The highest BCUT2D eigenvalue weighted by atomic mass is 127. The van der Waals surface area contributed by atoms with E-state index in [4.69, 9.17) is 0 Å². The van der Waals surface area contributed by atoms with Crippen LogP contribution >= 0.6 is 24.0 Å². The van der Waals surface area contributed by atoms with Gasteiger partial charge in [0, 0.05) is 20.1 Å². The van der Waals surface area contributed by atoms with E-state index in [-0.39, 0.29) is 24.0 Å². The lowest BCUT2D eigenvalue weighted by Gasteiger charge is -2.11. The maximum Gasteiger partial charge on any atom is 0.191 e. The summed E-state index contributed by atoms with van der Waals surface area (Å²) < 4.78 is 1.74. The summed E-state index contributed by atoms with van der Waals surface area (Å²) in [5.74, 6) is 2.45. The number of rotatable bonds is 7. The summed E-state index contributed by atoms with van der Waals surface area (Å²) in [7, 11) is 1.88. The molecule has 0 bridgehead atoms. The van der Waals surface area contributed by atoms with Crippen LogP contribution in [0.25, 0.3) is 0 Å². The van der Waals surface area contributed by atoms with Gasteiger partial charge in [-0.05, 0) is 25.7 Å². The molecule has 7 heteroatoms. The van der Waals surface area contributed by atoms with Crippen LogP contribution in [0.1, 0.15) is 39.4 Å². The van der Waals surface area contributed by atoms with Crippen molar-refractivity contribution in [3.05, 3.63) is 12.2 Å². The standard InChI is InChI=1S/C13H26N6.HI/c1-5-14-13(15-8-6-7-11(2)3)16-9-12-17-10-18-19(12)4;/h10-11H,5-9H2,1-4H3,(H2,14,15,16);1H. The molecule has 0 aliphatic carbocycles. The number of nitrogens with one attached hydrogen (secondary N) is 2. The number of aliphatic imine (C=N–C) groups is 1. The van der Waals surface area contributed by atoms with Gasteiger partial charge in [-0.15, -0.1) is 24.0 Å². The lowest BCUT2D eigenvalue weighted by Crippen LogP contribution is -2.37. The number of aromatic nitrogens is 3. The van der Waals surface area contributed by atoms with Gasteiger partial charge in [0.25, 0.3) is 0 Å². The zero-order chi connectivity index (χ0) is 14.1. The highest BCUT2D eigenvalue weighted by Crippen LogP contribution is 2.01. The molecule has 2 N–H and O–H groups in total. The molecule has 0 aliphatic heterocycles. The molecule has 0 saturated carbocycles. The van der Waals surface area contributed by atoms with E-state index in [0.29, 0.717) is 6.54 Å². The van der Waals surface area contributed by atoms with Crippen molar-refractivity contribution in [2.24, 2.45) is 18.0 Å². The van der Waals surface area contributed by atoms with Crippen LogP contribution in [0, 0.1) is 5.92 Å². The zero-order valence-corrected chi connectivity index (χ0v) is 15.2. The average molecular weight is 394 g/mol. The highest BCUT2D eigenvalue weighted by molar-refractivity contribution is 14.0. The van der Waals surface area contributed by atoms with Crippen molar-refractivity contribution in [1.29, 1.82) is 0 Å². The Morgan fingerprint density at radius 1 is 1.40 bits per heavy atom.